The summed E-state index contributed by atoms with van der Waals surface area (Å²) >= 11 is 1.19. The summed E-state index contributed by atoms with van der Waals surface area (Å²) in [5.41, 5.74) is 0. The van der Waals surface area contributed by atoms with Crippen molar-refractivity contribution in [3.63, 3.8) is 0 Å². The maximum atomic E-state index is 12.9. The first-order valence-corrected chi connectivity index (χ1v) is 6.64. The number of carboxylic acid groups (broad SMARTS) is 1. The number of thiophene rings is 1. The molecule has 0 amide bonds. The third kappa shape index (κ3) is 2.35. The van der Waals surface area contributed by atoms with Crippen LogP contribution in [0.15, 0.2) is 48.5 Å². The zero-order chi connectivity index (χ0) is 14.1. The second-order valence-electron chi connectivity index (χ2n) is 4.14. The molecular formula is C15H9FO3S. The first kappa shape index (κ1) is 12.6. The monoisotopic (exact) mass is 288 g/mol. The van der Waals surface area contributed by atoms with Crippen LogP contribution in [0.3, 0.4) is 0 Å². The smallest absolute Gasteiger partial charge is 0.345 e. The number of halogens is 1. The molecule has 3 nitrogen and oxygen atoms in total. The van der Waals surface area contributed by atoms with Crippen LogP contribution in [-0.4, -0.2) is 11.1 Å². The Morgan fingerprint density at radius 2 is 1.90 bits per heavy atom. The van der Waals surface area contributed by atoms with E-state index in [0.717, 1.165) is 10.1 Å². The molecule has 0 aliphatic carbocycles. The van der Waals surface area contributed by atoms with Gasteiger partial charge in [0.2, 0.25) is 0 Å². The van der Waals surface area contributed by atoms with E-state index in [4.69, 9.17) is 9.84 Å². The van der Waals surface area contributed by atoms with Gasteiger partial charge in [0.15, 0.2) is 0 Å². The molecule has 0 aliphatic rings. The van der Waals surface area contributed by atoms with Crippen LogP contribution in [0.4, 0.5) is 4.39 Å². The van der Waals surface area contributed by atoms with E-state index in [2.05, 4.69) is 0 Å². The molecule has 0 aliphatic heterocycles. The maximum Gasteiger partial charge on any atom is 0.345 e. The Bertz CT molecular complexity index is 777. The molecule has 0 fully saturated rings. The summed E-state index contributed by atoms with van der Waals surface area (Å²) in [6.45, 7) is 0. The predicted molar refractivity (Wildman–Crippen MR) is 75.3 cm³/mol. The zero-order valence-corrected chi connectivity index (χ0v) is 11.0. The molecule has 1 N–H and O–H groups in total. The molecule has 0 radical (unpaired) electrons. The molecule has 20 heavy (non-hydrogen) atoms. The Labute approximate surface area is 117 Å². The van der Waals surface area contributed by atoms with E-state index in [1.165, 1.54) is 35.6 Å². The molecule has 5 heteroatoms. The summed E-state index contributed by atoms with van der Waals surface area (Å²) in [6.07, 6.45) is 0. The molecule has 2 aromatic carbocycles. The lowest BCUT2D eigenvalue weighted by molar-refractivity contribution is 0.0702. The van der Waals surface area contributed by atoms with Crippen molar-refractivity contribution in [2.75, 3.05) is 0 Å². The highest BCUT2D eigenvalue weighted by Gasteiger charge is 2.12. The lowest BCUT2D eigenvalue weighted by Crippen LogP contribution is -1.89. The lowest BCUT2D eigenvalue weighted by atomic mass is 10.2. The lowest BCUT2D eigenvalue weighted by Gasteiger charge is -2.06. The van der Waals surface area contributed by atoms with Crippen molar-refractivity contribution in [2.24, 2.45) is 0 Å². The SMILES string of the molecule is O=C(O)c1cc2c(Oc3ccc(F)cc3)cccc2s1. The number of carboxylic acids is 1. The highest BCUT2D eigenvalue weighted by molar-refractivity contribution is 7.20. The van der Waals surface area contributed by atoms with Gasteiger partial charge in [0.1, 0.15) is 22.2 Å². The average Bonchev–Trinajstić information content (AvgIpc) is 2.87. The number of hydrogen-bond acceptors (Lipinski definition) is 3. The zero-order valence-electron chi connectivity index (χ0n) is 10.2. The summed E-state index contributed by atoms with van der Waals surface area (Å²) in [7, 11) is 0. The van der Waals surface area contributed by atoms with Crippen LogP contribution in [0.5, 0.6) is 11.5 Å². The van der Waals surface area contributed by atoms with Crippen molar-refractivity contribution in [1.82, 2.24) is 0 Å². The third-order valence-corrected chi connectivity index (χ3v) is 3.86. The predicted octanol–water partition coefficient (Wildman–Crippen LogP) is 4.53. The molecule has 0 unspecified atom stereocenters. The number of benzene rings is 2. The Hall–Kier alpha value is -2.40. The minimum absolute atomic E-state index is 0.259. The van der Waals surface area contributed by atoms with E-state index < -0.39 is 5.97 Å². The first-order chi connectivity index (χ1) is 9.63. The number of fused-ring (bicyclic) bond motifs is 1. The van der Waals surface area contributed by atoms with Crippen molar-refractivity contribution in [3.8, 4) is 11.5 Å². The molecule has 0 saturated heterocycles. The van der Waals surface area contributed by atoms with E-state index in [9.17, 15) is 9.18 Å². The molecule has 1 aromatic heterocycles. The van der Waals surface area contributed by atoms with Crippen molar-refractivity contribution >= 4 is 27.4 Å². The van der Waals surface area contributed by atoms with Crippen molar-refractivity contribution in [2.45, 2.75) is 0 Å². The number of ether oxygens (including phenoxy) is 1. The normalized spacial score (nSPS) is 10.7. The molecule has 1 heterocycles. The fraction of sp³-hybridized carbons (Fsp3) is 0. The first-order valence-electron chi connectivity index (χ1n) is 5.83. The van der Waals surface area contributed by atoms with Crippen molar-refractivity contribution in [3.05, 3.63) is 59.2 Å². The van der Waals surface area contributed by atoms with Crippen LogP contribution >= 0.6 is 11.3 Å². The van der Waals surface area contributed by atoms with Gasteiger partial charge in [-0.1, -0.05) is 6.07 Å². The van der Waals surface area contributed by atoms with Crippen molar-refractivity contribution in [1.29, 1.82) is 0 Å². The van der Waals surface area contributed by atoms with Crippen LogP contribution in [0, 0.1) is 5.82 Å². The number of carbonyl (C=O) groups is 1. The van der Waals surface area contributed by atoms with Gasteiger partial charge >= 0.3 is 5.97 Å². The molecule has 0 bridgehead atoms. The van der Waals surface area contributed by atoms with Crippen LogP contribution in [-0.2, 0) is 0 Å². The minimum atomic E-state index is -0.959. The number of hydrogen-bond donors (Lipinski definition) is 1. The highest BCUT2D eigenvalue weighted by Crippen LogP contribution is 2.35. The molecule has 100 valence electrons. The molecule has 0 spiro atoms. The van der Waals surface area contributed by atoms with Gasteiger partial charge in [-0.25, -0.2) is 9.18 Å². The van der Waals surface area contributed by atoms with Crippen molar-refractivity contribution < 1.29 is 19.0 Å². The van der Waals surface area contributed by atoms with E-state index in [-0.39, 0.29) is 10.7 Å². The summed E-state index contributed by atoms with van der Waals surface area (Å²) in [4.78, 5) is 11.3. The molecule has 0 saturated carbocycles. The van der Waals surface area contributed by atoms with E-state index >= 15 is 0 Å². The number of rotatable bonds is 3. The third-order valence-electron chi connectivity index (χ3n) is 2.77. The van der Waals surface area contributed by atoms with Gasteiger partial charge in [0.05, 0.1) is 0 Å². The van der Waals surface area contributed by atoms with Gasteiger partial charge in [0.25, 0.3) is 0 Å². The standard InChI is InChI=1S/C15H9FO3S/c16-9-4-6-10(7-5-9)19-12-2-1-3-13-11(12)8-14(20-13)15(17)18/h1-8H,(H,17,18). The van der Waals surface area contributed by atoms with E-state index in [1.807, 2.05) is 6.07 Å². The average molecular weight is 288 g/mol. The molecular weight excluding hydrogens is 279 g/mol. The van der Waals surface area contributed by atoms with Crippen LogP contribution in [0.2, 0.25) is 0 Å². The number of aromatic carboxylic acids is 1. The molecule has 3 rings (SSSR count). The fourth-order valence-corrected chi connectivity index (χ4v) is 2.78. The second-order valence-corrected chi connectivity index (χ2v) is 5.22. The van der Waals surface area contributed by atoms with Gasteiger partial charge in [-0.3, -0.25) is 0 Å². The Kier molecular flexibility index (Phi) is 3.12. The minimum Gasteiger partial charge on any atom is -0.477 e. The molecule has 0 atom stereocenters. The topological polar surface area (TPSA) is 46.5 Å². The summed E-state index contributed by atoms with van der Waals surface area (Å²) in [6, 6.07) is 12.6. The quantitative estimate of drug-likeness (QED) is 0.770. The van der Waals surface area contributed by atoms with Crippen LogP contribution in [0.1, 0.15) is 9.67 Å². The van der Waals surface area contributed by atoms with Gasteiger partial charge in [0, 0.05) is 10.1 Å². The van der Waals surface area contributed by atoms with Gasteiger partial charge in [-0.15, -0.1) is 11.3 Å². The van der Waals surface area contributed by atoms with E-state index in [0.29, 0.717) is 11.5 Å². The van der Waals surface area contributed by atoms with Crippen LogP contribution in [0.25, 0.3) is 10.1 Å². The summed E-state index contributed by atoms with van der Waals surface area (Å²) in [5.74, 6) is -0.238. The van der Waals surface area contributed by atoms with Gasteiger partial charge in [-0.05, 0) is 42.5 Å². The largest absolute Gasteiger partial charge is 0.477 e. The van der Waals surface area contributed by atoms with Gasteiger partial charge < -0.3 is 9.84 Å². The fourth-order valence-electron chi connectivity index (χ4n) is 1.86. The second kappa shape index (κ2) is 4.94. The highest BCUT2D eigenvalue weighted by atomic mass is 32.1. The van der Waals surface area contributed by atoms with Gasteiger partial charge in [-0.2, -0.15) is 0 Å². The summed E-state index contributed by atoms with van der Waals surface area (Å²) < 4.78 is 19.4. The Morgan fingerprint density at radius 1 is 1.15 bits per heavy atom. The van der Waals surface area contributed by atoms with Crippen LogP contribution < -0.4 is 4.74 Å². The Balaban J connectivity index is 2.02. The maximum absolute atomic E-state index is 12.9. The summed E-state index contributed by atoms with van der Waals surface area (Å²) in [5, 5.41) is 9.76. The van der Waals surface area contributed by atoms with E-state index in [1.54, 1.807) is 18.2 Å². The molecule has 3 aromatic rings. The Morgan fingerprint density at radius 3 is 2.60 bits per heavy atom.